The van der Waals surface area contributed by atoms with E-state index in [1.807, 2.05) is 32.0 Å². The van der Waals surface area contributed by atoms with Crippen molar-refractivity contribution >= 4 is 17.7 Å². The summed E-state index contributed by atoms with van der Waals surface area (Å²) >= 11 is 0. The number of benzene rings is 1. The average Bonchev–Trinajstić information content (AvgIpc) is 2.82. The van der Waals surface area contributed by atoms with Crippen LogP contribution in [0, 0.1) is 19.8 Å². The van der Waals surface area contributed by atoms with Gasteiger partial charge in [0.1, 0.15) is 5.92 Å². The van der Waals surface area contributed by atoms with Gasteiger partial charge in [-0.2, -0.15) is 0 Å². The fourth-order valence-electron chi connectivity index (χ4n) is 2.27. The maximum atomic E-state index is 12.0. The minimum Gasteiger partial charge on any atom is -0.481 e. The molecule has 2 amide bonds. The van der Waals surface area contributed by atoms with Crippen LogP contribution in [0.5, 0.6) is 0 Å². The number of carbonyl (C=O) groups is 2. The van der Waals surface area contributed by atoms with E-state index in [0.29, 0.717) is 0 Å². The minimum absolute atomic E-state index is 0.129. The van der Waals surface area contributed by atoms with Gasteiger partial charge in [-0.15, -0.1) is 0 Å². The Labute approximate surface area is 117 Å². The fourth-order valence-corrected chi connectivity index (χ4v) is 2.27. The maximum absolute atomic E-state index is 12.0. The molecule has 1 aliphatic heterocycles. The quantitative estimate of drug-likeness (QED) is 0.782. The van der Waals surface area contributed by atoms with Crippen molar-refractivity contribution in [3.8, 4) is 0 Å². The second kappa shape index (κ2) is 5.92. The van der Waals surface area contributed by atoms with Crippen LogP contribution in [-0.2, 0) is 9.53 Å². The lowest BCUT2D eigenvalue weighted by Gasteiger charge is -2.17. The largest absolute Gasteiger partial charge is 0.481 e. The molecule has 108 valence electrons. The predicted octanol–water partition coefficient (Wildman–Crippen LogP) is 1.52. The number of ether oxygens (including phenoxy) is 1. The van der Waals surface area contributed by atoms with Gasteiger partial charge in [0.2, 0.25) is 0 Å². The highest BCUT2D eigenvalue weighted by Crippen LogP contribution is 2.20. The van der Waals surface area contributed by atoms with Gasteiger partial charge in [-0.25, -0.2) is 4.79 Å². The van der Waals surface area contributed by atoms with Gasteiger partial charge in [0.05, 0.1) is 19.3 Å². The molecule has 1 saturated heterocycles. The van der Waals surface area contributed by atoms with Gasteiger partial charge < -0.3 is 20.5 Å². The number of anilines is 1. The van der Waals surface area contributed by atoms with Gasteiger partial charge in [0, 0.05) is 5.69 Å². The van der Waals surface area contributed by atoms with Gasteiger partial charge in [0.25, 0.3) is 0 Å². The van der Waals surface area contributed by atoms with E-state index in [1.165, 1.54) is 0 Å². The number of carboxylic acids is 1. The lowest BCUT2D eigenvalue weighted by atomic mass is 10.0. The second-order valence-electron chi connectivity index (χ2n) is 4.95. The third kappa shape index (κ3) is 3.08. The summed E-state index contributed by atoms with van der Waals surface area (Å²) in [6.07, 6.45) is 0. The number of rotatable bonds is 3. The Balaban J connectivity index is 2.01. The molecule has 0 aromatic heterocycles. The number of carboxylic acid groups (broad SMARTS) is 1. The number of hydrogen-bond donors (Lipinski definition) is 3. The average molecular weight is 278 g/mol. The molecule has 0 spiro atoms. The molecule has 0 aliphatic carbocycles. The number of urea groups is 1. The zero-order valence-electron chi connectivity index (χ0n) is 11.5. The summed E-state index contributed by atoms with van der Waals surface area (Å²) in [6.45, 7) is 4.16. The van der Waals surface area contributed by atoms with Gasteiger partial charge in [-0.05, 0) is 25.0 Å². The maximum Gasteiger partial charge on any atom is 0.319 e. The lowest BCUT2D eigenvalue weighted by molar-refractivity contribution is -0.142. The van der Waals surface area contributed by atoms with Crippen molar-refractivity contribution in [2.75, 3.05) is 18.5 Å². The molecule has 2 rings (SSSR count). The minimum atomic E-state index is -0.958. The Hall–Kier alpha value is -2.08. The summed E-state index contributed by atoms with van der Waals surface area (Å²) in [5.74, 6) is -1.65. The molecule has 0 bridgehead atoms. The summed E-state index contributed by atoms with van der Waals surface area (Å²) in [5, 5.41) is 14.4. The highest BCUT2D eigenvalue weighted by molar-refractivity contribution is 5.91. The third-order valence-corrected chi connectivity index (χ3v) is 3.43. The van der Waals surface area contributed by atoms with Crippen molar-refractivity contribution in [3.63, 3.8) is 0 Å². The van der Waals surface area contributed by atoms with Crippen molar-refractivity contribution in [1.82, 2.24) is 5.32 Å². The van der Waals surface area contributed by atoms with Crippen LogP contribution in [0.25, 0.3) is 0 Å². The third-order valence-electron chi connectivity index (χ3n) is 3.43. The molecule has 1 fully saturated rings. The molecule has 1 aromatic carbocycles. The highest BCUT2D eigenvalue weighted by Gasteiger charge is 2.35. The summed E-state index contributed by atoms with van der Waals surface area (Å²) in [4.78, 5) is 23.0. The monoisotopic (exact) mass is 278 g/mol. The Morgan fingerprint density at radius 2 is 1.90 bits per heavy atom. The van der Waals surface area contributed by atoms with E-state index < -0.39 is 24.0 Å². The number of aliphatic carboxylic acids is 1. The first-order chi connectivity index (χ1) is 9.49. The molecule has 20 heavy (non-hydrogen) atoms. The lowest BCUT2D eigenvalue weighted by Crippen LogP contribution is -2.44. The summed E-state index contributed by atoms with van der Waals surface area (Å²) < 4.78 is 5.11. The van der Waals surface area contributed by atoms with E-state index in [2.05, 4.69) is 10.6 Å². The molecule has 1 heterocycles. The number of carbonyl (C=O) groups excluding carboxylic acids is 1. The molecule has 0 saturated carbocycles. The van der Waals surface area contributed by atoms with Crippen LogP contribution in [0.3, 0.4) is 0 Å². The van der Waals surface area contributed by atoms with Crippen LogP contribution in [0.1, 0.15) is 11.1 Å². The van der Waals surface area contributed by atoms with Gasteiger partial charge in [0.15, 0.2) is 0 Å². The molecule has 0 radical (unpaired) electrons. The van der Waals surface area contributed by atoms with E-state index in [0.717, 1.165) is 16.8 Å². The van der Waals surface area contributed by atoms with Gasteiger partial charge >= 0.3 is 12.0 Å². The molecule has 3 N–H and O–H groups in total. The first-order valence-corrected chi connectivity index (χ1v) is 6.43. The van der Waals surface area contributed by atoms with Crippen molar-refractivity contribution in [2.45, 2.75) is 19.9 Å². The Kier molecular flexibility index (Phi) is 4.24. The Morgan fingerprint density at radius 3 is 2.50 bits per heavy atom. The Morgan fingerprint density at radius 1 is 1.25 bits per heavy atom. The van der Waals surface area contributed by atoms with Gasteiger partial charge in [-0.1, -0.05) is 18.2 Å². The van der Waals surface area contributed by atoms with Crippen LogP contribution in [0.15, 0.2) is 18.2 Å². The summed E-state index contributed by atoms with van der Waals surface area (Å²) in [5.41, 5.74) is 2.66. The number of nitrogens with one attached hydrogen (secondary N) is 2. The molecular weight excluding hydrogens is 260 g/mol. The smallest absolute Gasteiger partial charge is 0.319 e. The molecule has 6 heteroatoms. The number of para-hydroxylation sites is 1. The molecule has 2 unspecified atom stereocenters. The van der Waals surface area contributed by atoms with E-state index in [9.17, 15) is 9.59 Å². The summed E-state index contributed by atoms with van der Waals surface area (Å²) in [6, 6.07) is 4.81. The summed E-state index contributed by atoms with van der Waals surface area (Å²) in [7, 11) is 0. The van der Waals surface area contributed by atoms with Crippen LogP contribution in [0.2, 0.25) is 0 Å². The standard InChI is InChI=1S/C14H18N2O4/c1-8-4-3-5-9(2)12(8)16-14(19)15-11-7-20-6-10(11)13(17)18/h3-5,10-11H,6-7H2,1-2H3,(H,17,18)(H2,15,16,19). The van der Waals surface area contributed by atoms with Crippen LogP contribution < -0.4 is 10.6 Å². The van der Waals surface area contributed by atoms with Crippen LogP contribution in [0.4, 0.5) is 10.5 Å². The predicted molar refractivity (Wildman–Crippen MR) is 73.8 cm³/mol. The van der Waals surface area contributed by atoms with E-state index in [1.54, 1.807) is 0 Å². The molecular formula is C14H18N2O4. The zero-order chi connectivity index (χ0) is 14.7. The van der Waals surface area contributed by atoms with Crippen LogP contribution >= 0.6 is 0 Å². The number of amides is 2. The van der Waals surface area contributed by atoms with Crippen molar-refractivity contribution in [2.24, 2.45) is 5.92 Å². The van der Waals surface area contributed by atoms with Gasteiger partial charge in [-0.3, -0.25) is 4.79 Å². The van der Waals surface area contributed by atoms with Crippen molar-refractivity contribution in [3.05, 3.63) is 29.3 Å². The SMILES string of the molecule is Cc1cccc(C)c1NC(=O)NC1COCC1C(=O)O. The second-order valence-corrected chi connectivity index (χ2v) is 4.95. The van der Waals surface area contributed by atoms with E-state index in [4.69, 9.17) is 9.84 Å². The normalized spacial score (nSPS) is 21.5. The highest BCUT2D eigenvalue weighted by atomic mass is 16.5. The topological polar surface area (TPSA) is 87.7 Å². The number of aryl methyl sites for hydroxylation is 2. The zero-order valence-corrected chi connectivity index (χ0v) is 11.5. The molecule has 1 aromatic rings. The van der Waals surface area contributed by atoms with Crippen molar-refractivity contribution in [1.29, 1.82) is 0 Å². The van der Waals surface area contributed by atoms with E-state index in [-0.39, 0.29) is 13.2 Å². The van der Waals surface area contributed by atoms with Crippen molar-refractivity contribution < 1.29 is 19.4 Å². The Bertz CT molecular complexity index is 510. The van der Waals surface area contributed by atoms with Crippen LogP contribution in [-0.4, -0.2) is 36.4 Å². The molecule has 6 nitrogen and oxygen atoms in total. The first-order valence-electron chi connectivity index (χ1n) is 6.43. The number of hydrogen-bond acceptors (Lipinski definition) is 3. The first kappa shape index (κ1) is 14.3. The molecule has 2 atom stereocenters. The molecule has 1 aliphatic rings. The van der Waals surface area contributed by atoms with E-state index >= 15 is 0 Å². The fraction of sp³-hybridized carbons (Fsp3) is 0.429.